The maximum atomic E-state index is 13.3. The number of alkyl halides is 3. The maximum Gasteiger partial charge on any atom is 0.423 e. The zero-order valence-corrected chi connectivity index (χ0v) is 21.2. The van der Waals surface area contributed by atoms with E-state index >= 15 is 0 Å². The molecular weight excluding hydrogens is 504 g/mol. The summed E-state index contributed by atoms with van der Waals surface area (Å²) in [6.07, 6.45) is -0.349. The Morgan fingerprint density at radius 1 is 1.08 bits per heavy atom. The van der Waals surface area contributed by atoms with Crippen LogP contribution in [0.25, 0.3) is 0 Å². The predicted molar refractivity (Wildman–Crippen MR) is 136 cm³/mol. The van der Waals surface area contributed by atoms with E-state index < -0.39 is 27.8 Å². The van der Waals surface area contributed by atoms with Crippen molar-refractivity contribution in [3.8, 4) is 0 Å². The largest absolute Gasteiger partial charge is 0.423 e. The van der Waals surface area contributed by atoms with Crippen LogP contribution in [0.3, 0.4) is 0 Å². The van der Waals surface area contributed by atoms with Crippen molar-refractivity contribution < 1.29 is 27.3 Å². The van der Waals surface area contributed by atoms with Crippen molar-refractivity contribution in [2.24, 2.45) is 11.3 Å². The zero-order chi connectivity index (χ0) is 27.5. The second-order valence-electron chi connectivity index (χ2n) is 10.6. The van der Waals surface area contributed by atoms with Crippen molar-refractivity contribution in [1.29, 1.82) is 0 Å². The molecule has 7 nitrogen and oxygen atoms in total. The minimum Gasteiger partial charge on any atom is -0.382 e. The third kappa shape index (κ3) is 6.54. The van der Waals surface area contributed by atoms with E-state index in [0.717, 1.165) is 43.5 Å². The Morgan fingerprint density at radius 3 is 2.29 bits per heavy atom. The van der Waals surface area contributed by atoms with Crippen LogP contribution in [0.5, 0.6) is 0 Å². The first kappa shape index (κ1) is 27.7. The van der Waals surface area contributed by atoms with E-state index in [9.17, 15) is 32.5 Å². The molecule has 1 amide bonds. The molecule has 0 unspecified atom stereocenters. The van der Waals surface area contributed by atoms with E-state index in [4.69, 9.17) is 0 Å². The molecule has 2 aromatic rings. The topological polar surface area (TPSA) is 87.5 Å². The van der Waals surface area contributed by atoms with Gasteiger partial charge in [0.1, 0.15) is 11.4 Å². The molecule has 0 radical (unpaired) electrons. The molecular formula is C27H32F4N4O3. The van der Waals surface area contributed by atoms with E-state index in [-0.39, 0.29) is 29.4 Å². The third-order valence-electron chi connectivity index (χ3n) is 7.87. The van der Waals surface area contributed by atoms with Gasteiger partial charge < -0.3 is 15.5 Å². The Hall–Kier alpha value is -3.37. The van der Waals surface area contributed by atoms with Gasteiger partial charge in [-0.3, -0.25) is 14.9 Å². The van der Waals surface area contributed by atoms with Crippen LogP contribution in [0.15, 0.2) is 42.5 Å². The Labute approximate surface area is 218 Å². The Kier molecular flexibility index (Phi) is 8.13. The fraction of sp³-hybridized carbons (Fsp3) is 0.519. The number of nitrogens with zero attached hydrogens (tertiary/aromatic N) is 2. The van der Waals surface area contributed by atoms with Crippen LogP contribution in [-0.4, -0.2) is 36.5 Å². The zero-order valence-electron chi connectivity index (χ0n) is 21.2. The molecule has 2 aliphatic rings. The van der Waals surface area contributed by atoms with Crippen molar-refractivity contribution >= 4 is 23.0 Å². The number of amides is 1. The second-order valence-corrected chi connectivity index (χ2v) is 10.6. The van der Waals surface area contributed by atoms with Crippen LogP contribution < -0.4 is 15.5 Å². The fourth-order valence-corrected chi connectivity index (χ4v) is 5.35. The molecule has 1 heterocycles. The average molecular weight is 537 g/mol. The van der Waals surface area contributed by atoms with Crippen LogP contribution in [0.2, 0.25) is 0 Å². The van der Waals surface area contributed by atoms with Gasteiger partial charge in [0.25, 0.3) is 5.69 Å². The van der Waals surface area contributed by atoms with Gasteiger partial charge in [0.15, 0.2) is 0 Å². The Bertz CT molecular complexity index is 1140. The molecule has 1 aliphatic heterocycles. The second kappa shape index (κ2) is 11.2. The number of carbonyl (C=O) groups is 1. The minimum absolute atomic E-state index is 0.0297. The molecule has 1 saturated carbocycles. The van der Waals surface area contributed by atoms with Crippen LogP contribution in [0.4, 0.5) is 34.6 Å². The molecule has 206 valence electrons. The molecule has 0 atom stereocenters. The monoisotopic (exact) mass is 536 g/mol. The highest BCUT2D eigenvalue weighted by Gasteiger charge is 2.39. The van der Waals surface area contributed by atoms with Crippen LogP contribution in [0.1, 0.15) is 51.0 Å². The third-order valence-corrected chi connectivity index (χ3v) is 7.87. The van der Waals surface area contributed by atoms with Crippen molar-refractivity contribution in [2.45, 2.75) is 57.7 Å². The Balaban J connectivity index is 1.23. The molecule has 0 aromatic heterocycles. The molecule has 2 fully saturated rings. The number of benzene rings is 2. The first-order valence-corrected chi connectivity index (χ1v) is 12.9. The van der Waals surface area contributed by atoms with Gasteiger partial charge in [-0.1, -0.05) is 6.92 Å². The lowest BCUT2D eigenvalue weighted by Gasteiger charge is -2.39. The van der Waals surface area contributed by atoms with Gasteiger partial charge in [0, 0.05) is 48.5 Å². The Morgan fingerprint density at radius 2 is 1.71 bits per heavy atom. The van der Waals surface area contributed by atoms with Gasteiger partial charge in [-0.15, -0.1) is 0 Å². The molecule has 38 heavy (non-hydrogen) atoms. The number of nitrogens with one attached hydrogen (secondary N) is 2. The van der Waals surface area contributed by atoms with Crippen molar-refractivity contribution in [2.75, 3.05) is 29.9 Å². The highest BCUT2D eigenvalue weighted by atomic mass is 19.4. The summed E-state index contributed by atoms with van der Waals surface area (Å²) in [6.45, 7) is 3.96. The predicted octanol–water partition coefficient (Wildman–Crippen LogP) is 6.15. The number of carbonyl (C=O) groups excluding carboxylic acids is 1. The van der Waals surface area contributed by atoms with Gasteiger partial charge in [0.2, 0.25) is 5.91 Å². The number of hydrogen-bond donors (Lipinski definition) is 2. The maximum absolute atomic E-state index is 13.3. The highest BCUT2D eigenvalue weighted by molar-refractivity contribution is 5.82. The van der Waals surface area contributed by atoms with E-state index in [1.165, 1.54) is 18.2 Å². The minimum atomic E-state index is -4.82. The summed E-state index contributed by atoms with van der Waals surface area (Å²) in [4.78, 5) is 25.1. The standard InChI is InChI=1S/C27H32F4N4O3/c1-26(12-14-34(15-13-26)22-9-4-19(28)5-10-22)25(36)32-17-18-2-6-20(7-3-18)33-21-8-11-24(35(37)38)23(16-21)27(29,30)31/h4-5,8-11,16,18,20,33H,2-3,6-7,12-15,17H2,1H3,(H,32,36). The lowest BCUT2D eigenvalue weighted by atomic mass is 9.79. The average Bonchev–Trinajstić information content (AvgIpc) is 2.88. The quantitative estimate of drug-likeness (QED) is 0.252. The molecule has 1 aliphatic carbocycles. The summed E-state index contributed by atoms with van der Waals surface area (Å²) < 4.78 is 53.0. The summed E-state index contributed by atoms with van der Waals surface area (Å²) in [5, 5.41) is 17.2. The van der Waals surface area contributed by atoms with Gasteiger partial charge in [-0.05, 0) is 80.8 Å². The summed E-state index contributed by atoms with van der Waals surface area (Å²) in [5.41, 5.74) is -1.54. The molecule has 2 aromatic carbocycles. The molecule has 0 spiro atoms. The molecule has 1 saturated heterocycles. The first-order valence-electron chi connectivity index (χ1n) is 12.9. The van der Waals surface area contributed by atoms with Crippen LogP contribution in [-0.2, 0) is 11.0 Å². The number of nitro benzene ring substituents is 1. The van der Waals surface area contributed by atoms with E-state index in [2.05, 4.69) is 15.5 Å². The van der Waals surface area contributed by atoms with Crippen molar-refractivity contribution in [3.63, 3.8) is 0 Å². The van der Waals surface area contributed by atoms with Crippen molar-refractivity contribution in [3.05, 3.63) is 64.0 Å². The van der Waals surface area contributed by atoms with Gasteiger partial charge >= 0.3 is 6.18 Å². The number of nitro groups is 1. The molecule has 2 N–H and O–H groups in total. The van der Waals surface area contributed by atoms with Gasteiger partial charge in [0.05, 0.1) is 4.92 Å². The summed E-state index contributed by atoms with van der Waals surface area (Å²) in [7, 11) is 0. The normalized spacial score (nSPS) is 21.6. The number of anilines is 2. The lowest BCUT2D eigenvalue weighted by Crippen LogP contribution is -2.48. The van der Waals surface area contributed by atoms with Crippen LogP contribution in [0, 0.1) is 27.3 Å². The summed E-state index contributed by atoms with van der Waals surface area (Å²) in [6, 6.07) is 9.32. The summed E-state index contributed by atoms with van der Waals surface area (Å²) >= 11 is 0. The number of hydrogen-bond acceptors (Lipinski definition) is 5. The molecule has 0 bridgehead atoms. The number of rotatable bonds is 7. The van der Waals surface area contributed by atoms with E-state index in [1.807, 2.05) is 6.92 Å². The van der Waals surface area contributed by atoms with Crippen molar-refractivity contribution in [1.82, 2.24) is 5.32 Å². The first-order chi connectivity index (χ1) is 17.9. The molecule has 4 rings (SSSR count). The number of piperidine rings is 1. The smallest absolute Gasteiger partial charge is 0.382 e. The van der Waals surface area contributed by atoms with Crippen LogP contribution >= 0.6 is 0 Å². The number of halogens is 4. The lowest BCUT2D eigenvalue weighted by molar-refractivity contribution is -0.388. The fourth-order valence-electron chi connectivity index (χ4n) is 5.35. The van der Waals surface area contributed by atoms with E-state index in [0.29, 0.717) is 32.5 Å². The van der Waals surface area contributed by atoms with Gasteiger partial charge in [-0.2, -0.15) is 13.2 Å². The van der Waals surface area contributed by atoms with Gasteiger partial charge in [-0.25, -0.2) is 4.39 Å². The summed E-state index contributed by atoms with van der Waals surface area (Å²) in [5.74, 6) is 0.0336. The molecule has 11 heteroatoms. The highest BCUT2D eigenvalue weighted by Crippen LogP contribution is 2.38. The SMILES string of the molecule is CC1(C(=O)NCC2CCC(Nc3ccc([N+](=O)[O-])c(C(F)(F)F)c3)CC2)CCN(c2ccc(F)cc2)CC1. The van der Waals surface area contributed by atoms with E-state index in [1.54, 1.807) is 12.1 Å².